The number of fused-ring (bicyclic) bond motifs is 1. The van der Waals surface area contributed by atoms with Crippen molar-refractivity contribution in [2.45, 2.75) is 13.3 Å². The summed E-state index contributed by atoms with van der Waals surface area (Å²) in [5.41, 5.74) is 3.17. The molecular formula is C16H17N3OS. The summed E-state index contributed by atoms with van der Waals surface area (Å²) in [6, 6.07) is 11.7. The molecule has 0 fully saturated rings. The number of amides is 2. The van der Waals surface area contributed by atoms with Gasteiger partial charge in [0.2, 0.25) is 0 Å². The number of anilines is 2. The van der Waals surface area contributed by atoms with E-state index in [-0.39, 0.29) is 6.03 Å². The predicted molar refractivity (Wildman–Crippen MR) is 89.3 cm³/mol. The van der Waals surface area contributed by atoms with Crippen LogP contribution in [0.5, 0.6) is 0 Å². The van der Waals surface area contributed by atoms with E-state index in [0.717, 1.165) is 23.4 Å². The Balaban J connectivity index is 1.70. The third kappa shape index (κ3) is 2.78. The Morgan fingerprint density at radius 3 is 2.62 bits per heavy atom. The quantitative estimate of drug-likeness (QED) is 0.737. The number of nitrogens with one attached hydrogen (secondary N) is 2. The normalized spacial score (nSPS) is 10.8. The minimum absolute atomic E-state index is 0.229. The van der Waals surface area contributed by atoms with Crippen LogP contribution < -0.4 is 10.6 Å². The van der Waals surface area contributed by atoms with Crippen LogP contribution in [0.25, 0.3) is 10.2 Å². The van der Waals surface area contributed by atoms with Crippen molar-refractivity contribution >= 4 is 39.1 Å². The van der Waals surface area contributed by atoms with Gasteiger partial charge < -0.3 is 9.88 Å². The van der Waals surface area contributed by atoms with Crippen LogP contribution in [0, 0.1) is 0 Å². The van der Waals surface area contributed by atoms with Crippen molar-refractivity contribution in [2.75, 3.05) is 10.6 Å². The Morgan fingerprint density at radius 2 is 1.95 bits per heavy atom. The van der Waals surface area contributed by atoms with Gasteiger partial charge in [0.15, 0.2) is 0 Å². The lowest BCUT2D eigenvalue weighted by Crippen LogP contribution is -2.20. The van der Waals surface area contributed by atoms with Gasteiger partial charge in [-0.1, -0.05) is 19.1 Å². The molecule has 0 saturated carbocycles. The zero-order valence-electron chi connectivity index (χ0n) is 12.0. The first-order chi connectivity index (χ1) is 10.2. The van der Waals surface area contributed by atoms with Crippen molar-refractivity contribution in [2.24, 2.45) is 7.05 Å². The summed E-state index contributed by atoms with van der Waals surface area (Å²) in [6.07, 6.45) is 0.993. The summed E-state index contributed by atoms with van der Waals surface area (Å²) in [6.45, 7) is 2.11. The molecular weight excluding hydrogens is 282 g/mol. The average molecular weight is 299 g/mol. The highest BCUT2D eigenvalue weighted by atomic mass is 32.1. The highest BCUT2D eigenvalue weighted by Crippen LogP contribution is 2.27. The van der Waals surface area contributed by atoms with E-state index in [2.05, 4.69) is 17.6 Å². The predicted octanol–water partition coefficient (Wildman–Crippen LogP) is 4.45. The number of hydrogen-bond donors (Lipinski definition) is 2. The molecule has 0 bridgehead atoms. The number of carbonyl (C=O) groups is 1. The monoisotopic (exact) mass is 299 g/mol. The van der Waals surface area contributed by atoms with E-state index in [4.69, 9.17) is 0 Å². The van der Waals surface area contributed by atoms with Crippen LogP contribution in [0.2, 0.25) is 0 Å². The zero-order valence-corrected chi connectivity index (χ0v) is 12.8. The van der Waals surface area contributed by atoms with Gasteiger partial charge >= 0.3 is 6.03 Å². The SMILES string of the molecule is CCc1ccc(NC(=O)Nc2cc3sccc3n2C)cc1. The Labute approximate surface area is 127 Å². The standard InChI is InChI=1S/C16H17N3OS/c1-3-11-4-6-12(7-5-11)17-16(20)18-15-10-14-13(19(15)2)8-9-21-14/h4-10H,3H2,1-2H3,(H2,17,18,20). The van der Waals surface area contributed by atoms with Gasteiger partial charge in [-0.15, -0.1) is 11.3 Å². The molecule has 3 rings (SSSR count). The molecule has 0 atom stereocenters. The maximum atomic E-state index is 12.1. The number of aryl methyl sites for hydroxylation is 2. The molecule has 0 spiro atoms. The van der Waals surface area contributed by atoms with Crippen LogP contribution in [0.3, 0.4) is 0 Å². The van der Waals surface area contributed by atoms with Crippen molar-refractivity contribution < 1.29 is 4.79 Å². The number of hydrogen-bond acceptors (Lipinski definition) is 2. The second-order valence-corrected chi connectivity index (χ2v) is 5.84. The maximum Gasteiger partial charge on any atom is 0.324 e. The van der Waals surface area contributed by atoms with Gasteiger partial charge in [0, 0.05) is 12.7 Å². The topological polar surface area (TPSA) is 46.1 Å². The number of urea groups is 1. The molecule has 0 radical (unpaired) electrons. The second-order valence-electron chi connectivity index (χ2n) is 4.89. The summed E-state index contributed by atoms with van der Waals surface area (Å²) in [7, 11) is 1.95. The highest BCUT2D eigenvalue weighted by molar-refractivity contribution is 7.17. The van der Waals surface area contributed by atoms with Crippen LogP contribution in [0.4, 0.5) is 16.3 Å². The molecule has 5 heteroatoms. The first-order valence-electron chi connectivity index (χ1n) is 6.87. The van der Waals surface area contributed by atoms with Crippen molar-refractivity contribution in [3.05, 3.63) is 47.3 Å². The zero-order chi connectivity index (χ0) is 14.8. The fraction of sp³-hybridized carbons (Fsp3) is 0.188. The molecule has 2 amide bonds. The minimum atomic E-state index is -0.229. The van der Waals surface area contributed by atoms with Crippen LogP contribution in [0.15, 0.2) is 41.8 Å². The van der Waals surface area contributed by atoms with Gasteiger partial charge in [-0.3, -0.25) is 5.32 Å². The molecule has 0 aliphatic heterocycles. The Hall–Kier alpha value is -2.27. The smallest absolute Gasteiger partial charge is 0.324 e. The lowest BCUT2D eigenvalue weighted by molar-refractivity contribution is 0.262. The number of thiophene rings is 1. The molecule has 2 N–H and O–H groups in total. The van der Waals surface area contributed by atoms with E-state index in [1.807, 2.05) is 53.4 Å². The molecule has 0 saturated heterocycles. The van der Waals surface area contributed by atoms with Crippen molar-refractivity contribution in [1.82, 2.24) is 4.57 Å². The summed E-state index contributed by atoms with van der Waals surface area (Å²) < 4.78 is 3.14. The molecule has 0 unspecified atom stereocenters. The van der Waals surface area contributed by atoms with Crippen molar-refractivity contribution in [3.8, 4) is 0 Å². The molecule has 3 aromatic rings. The van der Waals surface area contributed by atoms with Crippen LogP contribution in [-0.4, -0.2) is 10.6 Å². The van der Waals surface area contributed by atoms with Gasteiger partial charge in [0.25, 0.3) is 0 Å². The first kappa shape index (κ1) is 13.7. The lowest BCUT2D eigenvalue weighted by atomic mass is 10.1. The number of benzene rings is 1. The molecule has 2 aromatic heterocycles. The molecule has 1 aromatic carbocycles. The molecule has 0 aliphatic rings. The number of carbonyl (C=O) groups excluding carboxylic acids is 1. The minimum Gasteiger partial charge on any atom is -0.330 e. The molecule has 108 valence electrons. The molecule has 21 heavy (non-hydrogen) atoms. The second kappa shape index (κ2) is 5.61. The van der Waals surface area contributed by atoms with Crippen LogP contribution in [-0.2, 0) is 13.5 Å². The van der Waals surface area contributed by atoms with E-state index >= 15 is 0 Å². The number of aromatic nitrogens is 1. The van der Waals surface area contributed by atoms with Gasteiger partial charge in [-0.25, -0.2) is 4.79 Å². The summed E-state index contributed by atoms with van der Waals surface area (Å²) in [5.74, 6) is 0.791. The van der Waals surface area contributed by atoms with Gasteiger partial charge in [-0.2, -0.15) is 0 Å². The first-order valence-corrected chi connectivity index (χ1v) is 7.75. The Bertz CT molecular complexity index is 771. The highest BCUT2D eigenvalue weighted by Gasteiger charge is 2.09. The number of nitrogens with zero attached hydrogens (tertiary/aromatic N) is 1. The average Bonchev–Trinajstić information content (AvgIpc) is 3.04. The van der Waals surface area contributed by atoms with Gasteiger partial charge in [0.05, 0.1) is 10.2 Å². The van der Waals surface area contributed by atoms with E-state index in [1.165, 1.54) is 10.3 Å². The third-order valence-corrected chi connectivity index (χ3v) is 4.38. The lowest BCUT2D eigenvalue weighted by Gasteiger charge is -2.09. The van der Waals surface area contributed by atoms with Crippen molar-refractivity contribution in [1.29, 1.82) is 0 Å². The van der Waals surface area contributed by atoms with Gasteiger partial charge in [-0.05, 0) is 41.6 Å². The molecule has 2 heterocycles. The van der Waals surface area contributed by atoms with Gasteiger partial charge in [0.1, 0.15) is 5.82 Å². The Morgan fingerprint density at radius 1 is 1.19 bits per heavy atom. The fourth-order valence-corrected chi connectivity index (χ4v) is 3.12. The van der Waals surface area contributed by atoms with E-state index < -0.39 is 0 Å². The molecule has 4 nitrogen and oxygen atoms in total. The third-order valence-electron chi connectivity index (χ3n) is 3.53. The summed E-state index contributed by atoms with van der Waals surface area (Å²) in [5, 5.41) is 7.77. The van der Waals surface area contributed by atoms with Crippen LogP contribution >= 0.6 is 11.3 Å². The maximum absolute atomic E-state index is 12.1. The van der Waals surface area contributed by atoms with Crippen molar-refractivity contribution in [3.63, 3.8) is 0 Å². The molecule has 0 aliphatic carbocycles. The fourth-order valence-electron chi connectivity index (χ4n) is 2.27. The van der Waals surface area contributed by atoms with E-state index in [9.17, 15) is 4.79 Å². The summed E-state index contributed by atoms with van der Waals surface area (Å²) in [4.78, 5) is 12.1. The van der Waals surface area contributed by atoms with E-state index in [0.29, 0.717) is 0 Å². The van der Waals surface area contributed by atoms with E-state index in [1.54, 1.807) is 11.3 Å². The Kier molecular flexibility index (Phi) is 3.66. The van der Waals surface area contributed by atoms with Crippen LogP contribution in [0.1, 0.15) is 12.5 Å². The largest absolute Gasteiger partial charge is 0.330 e. The summed E-state index contributed by atoms with van der Waals surface area (Å²) >= 11 is 1.66. The number of rotatable bonds is 3.